The molecule has 0 aromatic heterocycles. The van der Waals surface area contributed by atoms with E-state index in [4.69, 9.17) is 40.0 Å². The molecule has 1 saturated heterocycles. The highest BCUT2D eigenvalue weighted by molar-refractivity contribution is 7.99. The third-order valence-electron chi connectivity index (χ3n) is 6.96. The summed E-state index contributed by atoms with van der Waals surface area (Å²) in [6, 6.07) is 14.6. The fourth-order valence-electron chi connectivity index (χ4n) is 4.85. The van der Waals surface area contributed by atoms with Crippen molar-refractivity contribution in [3.05, 3.63) is 70.2 Å². The second-order valence-corrected chi connectivity index (χ2v) is 11.3. The van der Waals surface area contributed by atoms with Crippen LogP contribution in [0.3, 0.4) is 0 Å². The van der Waals surface area contributed by atoms with E-state index in [9.17, 15) is 10.0 Å². The Morgan fingerprint density at radius 3 is 2.02 bits per heavy atom. The van der Waals surface area contributed by atoms with Gasteiger partial charge in [0.15, 0.2) is 23.0 Å². The van der Waals surface area contributed by atoms with Crippen LogP contribution in [0.1, 0.15) is 41.7 Å². The molecule has 1 fully saturated rings. The topological polar surface area (TPSA) is 108 Å². The van der Waals surface area contributed by atoms with Gasteiger partial charge in [0.1, 0.15) is 0 Å². The van der Waals surface area contributed by atoms with Crippen molar-refractivity contribution in [1.29, 1.82) is 0 Å². The molecule has 3 aromatic carbocycles. The molecule has 1 aliphatic heterocycles. The average molecular weight is 633 g/mol. The lowest BCUT2D eigenvalue weighted by atomic mass is 10.0. The number of nitrogens with one attached hydrogen (secondary N) is 1. The molecule has 4 rings (SSSR count). The van der Waals surface area contributed by atoms with Crippen LogP contribution < -0.4 is 29.0 Å². The minimum atomic E-state index is -0.645. The van der Waals surface area contributed by atoms with Gasteiger partial charge in [0.05, 0.1) is 47.3 Å². The van der Waals surface area contributed by atoms with Gasteiger partial charge < -0.3 is 33.7 Å². The Balaban J connectivity index is 1.54. The first kappa shape index (κ1) is 32.4. The summed E-state index contributed by atoms with van der Waals surface area (Å²) >= 11 is 7.63. The van der Waals surface area contributed by atoms with E-state index in [0.29, 0.717) is 56.8 Å². The lowest BCUT2D eigenvalue weighted by molar-refractivity contribution is -0.0184. The van der Waals surface area contributed by atoms with Gasteiger partial charge in [-0.2, -0.15) is 0 Å². The maximum absolute atomic E-state index is 12.1. The van der Waals surface area contributed by atoms with E-state index in [1.165, 1.54) is 7.05 Å². The number of hydroxylamine groups is 2. The predicted octanol–water partition coefficient (Wildman–Crippen LogP) is 6.67. The van der Waals surface area contributed by atoms with Gasteiger partial charge in [0.25, 0.3) is 0 Å². The van der Waals surface area contributed by atoms with Crippen LogP contribution in [-0.2, 0) is 11.3 Å². The number of methoxy groups -OCH3 is 4. The fourth-order valence-corrected chi connectivity index (χ4v) is 5.71. The highest BCUT2D eigenvalue weighted by Crippen LogP contribution is 2.47. The van der Waals surface area contributed by atoms with Crippen molar-refractivity contribution in [2.24, 2.45) is 0 Å². The van der Waals surface area contributed by atoms with Gasteiger partial charge in [-0.3, -0.25) is 5.21 Å². The van der Waals surface area contributed by atoms with Gasteiger partial charge in [-0.15, -0.1) is 11.8 Å². The zero-order valence-corrected chi connectivity index (χ0v) is 26.4. The number of hydrogen-bond donors (Lipinski definition) is 2. The molecule has 2 amide bonds. The van der Waals surface area contributed by atoms with Crippen LogP contribution in [0.4, 0.5) is 4.79 Å². The number of carbonyl (C=O) groups excluding carboxylic acids is 1. The van der Waals surface area contributed by atoms with E-state index in [1.54, 1.807) is 40.2 Å². The van der Waals surface area contributed by atoms with E-state index in [-0.39, 0.29) is 18.8 Å². The summed E-state index contributed by atoms with van der Waals surface area (Å²) in [5, 5.41) is 13.4. The number of carbonyl (C=O) groups is 1. The zero-order chi connectivity index (χ0) is 30.9. The maximum Gasteiger partial charge on any atom is 0.341 e. The summed E-state index contributed by atoms with van der Waals surface area (Å²) in [6.07, 6.45) is 1.10. The van der Waals surface area contributed by atoms with E-state index in [0.717, 1.165) is 28.9 Å². The quantitative estimate of drug-likeness (QED) is 0.0924. The minimum Gasteiger partial charge on any atom is -0.493 e. The molecule has 1 heterocycles. The Kier molecular flexibility index (Phi) is 11.5. The van der Waals surface area contributed by atoms with Gasteiger partial charge in [-0.1, -0.05) is 11.6 Å². The van der Waals surface area contributed by atoms with Crippen molar-refractivity contribution in [3.8, 4) is 28.7 Å². The lowest BCUT2D eigenvalue weighted by Crippen LogP contribution is -2.34. The number of hydrogen-bond acceptors (Lipinski definition) is 9. The minimum absolute atomic E-state index is 0.108. The highest BCUT2D eigenvalue weighted by Gasteiger charge is 2.31. The van der Waals surface area contributed by atoms with Crippen LogP contribution in [-0.4, -0.2) is 64.1 Å². The molecular weight excluding hydrogens is 596 g/mol. The van der Waals surface area contributed by atoms with Crippen molar-refractivity contribution < 1.29 is 38.4 Å². The van der Waals surface area contributed by atoms with Crippen molar-refractivity contribution in [3.63, 3.8) is 0 Å². The van der Waals surface area contributed by atoms with Crippen LogP contribution in [0.2, 0.25) is 5.02 Å². The first-order valence-corrected chi connectivity index (χ1v) is 15.0. The first-order chi connectivity index (χ1) is 20.8. The van der Waals surface area contributed by atoms with Crippen LogP contribution in [0.15, 0.2) is 53.4 Å². The third-order valence-corrected chi connectivity index (χ3v) is 8.19. The van der Waals surface area contributed by atoms with Crippen molar-refractivity contribution in [1.82, 2.24) is 10.4 Å². The monoisotopic (exact) mass is 632 g/mol. The molecule has 10 nitrogen and oxygen atoms in total. The normalized spacial score (nSPS) is 16.0. The number of thioether (sulfide) groups is 1. The molecule has 0 spiro atoms. The molecule has 12 heteroatoms. The Bertz CT molecular complexity index is 1360. The van der Waals surface area contributed by atoms with Gasteiger partial charge in [0.2, 0.25) is 5.75 Å². The van der Waals surface area contributed by atoms with E-state index in [1.807, 2.05) is 48.5 Å². The summed E-state index contributed by atoms with van der Waals surface area (Å²) in [4.78, 5) is 13.2. The molecule has 2 N–H and O–H groups in total. The van der Waals surface area contributed by atoms with Crippen LogP contribution in [0.5, 0.6) is 28.7 Å². The van der Waals surface area contributed by atoms with Crippen LogP contribution >= 0.6 is 23.4 Å². The number of amides is 2. The van der Waals surface area contributed by atoms with Crippen LogP contribution in [0, 0.1) is 0 Å². The van der Waals surface area contributed by atoms with Gasteiger partial charge in [0, 0.05) is 34.8 Å². The Morgan fingerprint density at radius 2 is 1.49 bits per heavy atom. The first-order valence-electron chi connectivity index (χ1n) is 13.7. The average Bonchev–Trinajstić information content (AvgIpc) is 3.52. The van der Waals surface area contributed by atoms with E-state index in [2.05, 4.69) is 5.32 Å². The number of benzene rings is 3. The standard InChI is InChI=1S/C31H37ClN2O8S/c1-34(36)31(35)33-18-21-14-19(15-26(37-2)29(21)41-12-13-43-23-8-6-22(32)7-9-23)24-10-11-25(42-24)20-16-27(38-3)30(40-5)28(17-20)39-4/h6-9,14-17,24-25,36H,10-13,18H2,1-5H3,(H,33,35). The fraction of sp³-hybridized carbons (Fsp3) is 0.387. The smallest absolute Gasteiger partial charge is 0.341 e. The summed E-state index contributed by atoms with van der Waals surface area (Å²) in [6.45, 7) is 0.504. The van der Waals surface area contributed by atoms with Gasteiger partial charge in [-0.05, 0) is 72.5 Å². The molecule has 0 bridgehead atoms. The number of nitrogens with zero attached hydrogens (tertiary/aromatic N) is 1. The molecule has 2 atom stereocenters. The summed E-state index contributed by atoms with van der Waals surface area (Å²) in [5.41, 5.74) is 2.50. The summed E-state index contributed by atoms with van der Waals surface area (Å²) in [5.74, 6) is 3.37. The molecule has 1 aliphatic rings. The number of halogens is 1. The SMILES string of the molecule is COc1cc(C2CCC(c3cc(OC)c(OC)c(OC)c3)O2)cc(CNC(=O)N(C)O)c1OCCSc1ccc(Cl)cc1. The predicted molar refractivity (Wildman–Crippen MR) is 164 cm³/mol. The number of urea groups is 1. The molecule has 0 radical (unpaired) electrons. The number of ether oxygens (including phenoxy) is 6. The summed E-state index contributed by atoms with van der Waals surface area (Å²) in [7, 11) is 7.57. The Morgan fingerprint density at radius 1 is 0.930 bits per heavy atom. The second kappa shape index (κ2) is 15.3. The van der Waals surface area contributed by atoms with Crippen molar-refractivity contribution in [2.45, 2.75) is 36.5 Å². The molecular formula is C31H37ClN2O8S. The molecule has 232 valence electrons. The molecule has 0 saturated carbocycles. The van der Waals surface area contributed by atoms with Gasteiger partial charge >= 0.3 is 6.03 Å². The Labute approximate surface area is 261 Å². The molecule has 2 unspecified atom stereocenters. The van der Waals surface area contributed by atoms with Crippen LogP contribution in [0.25, 0.3) is 0 Å². The summed E-state index contributed by atoms with van der Waals surface area (Å²) < 4.78 is 35.0. The van der Waals surface area contributed by atoms with E-state index >= 15 is 0 Å². The lowest BCUT2D eigenvalue weighted by Gasteiger charge is -2.21. The second-order valence-electron chi connectivity index (χ2n) is 9.69. The molecule has 0 aliphatic carbocycles. The van der Waals surface area contributed by atoms with Crippen molar-refractivity contribution >= 4 is 29.4 Å². The largest absolute Gasteiger partial charge is 0.493 e. The van der Waals surface area contributed by atoms with Crippen molar-refractivity contribution in [2.75, 3.05) is 47.8 Å². The third kappa shape index (κ3) is 8.11. The van der Waals surface area contributed by atoms with E-state index < -0.39 is 6.03 Å². The molecule has 3 aromatic rings. The molecule has 43 heavy (non-hydrogen) atoms. The zero-order valence-electron chi connectivity index (χ0n) is 24.8. The number of rotatable bonds is 13. The maximum atomic E-state index is 12.1. The van der Waals surface area contributed by atoms with Gasteiger partial charge in [-0.25, -0.2) is 9.86 Å². The highest BCUT2D eigenvalue weighted by atomic mass is 35.5. The Hall–Kier alpha value is -3.51.